The predicted octanol–water partition coefficient (Wildman–Crippen LogP) is 3.51. The van der Waals surface area contributed by atoms with E-state index in [1.54, 1.807) is 12.1 Å². The fourth-order valence-corrected chi connectivity index (χ4v) is 2.13. The Hall–Kier alpha value is -1.07. The lowest BCUT2D eigenvalue weighted by Gasteiger charge is -2.31. The zero-order chi connectivity index (χ0) is 15.4. The predicted molar refractivity (Wildman–Crippen MR) is 75.2 cm³/mol. The summed E-state index contributed by atoms with van der Waals surface area (Å²) in [6.07, 6.45) is -4.31. The van der Waals surface area contributed by atoms with E-state index in [4.69, 9.17) is 5.73 Å². The Labute approximate surface area is 118 Å². The van der Waals surface area contributed by atoms with Gasteiger partial charge in [-0.2, -0.15) is 13.2 Å². The van der Waals surface area contributed by atoms with Crippen LogP contribution in [0, 0.1) is 5.41 Å². The zero-order valence-corrected chi connectivity index (χ0v) is 12.3. The van der Waals surface area contributed by atoms with Crippen molar-refractivity contribution in [1.29, 1.82) is 0 Å². The smallest absolute Gasteiger partial charge is 0.330 e. The van der Waals surface area contributed by atoms with Crippen molar-refractivity contribution >= 4 is 0 Å². The molecule has 0 unspecified atom stereocenters. The third-order valence-electron chi connectivity index (χ3n) is 3.37. The van der Waals surface area contributed by atoms with Gasteiger partial charge in [0.15, 0.2) is 0 Å². The van der Waals surface area contributed by atoms with Crippen molar-refractivity contribution in [1.82, 2.24) is 4.90 Å². The van der Waals surface area contributed by atoms with Crippen molar-refractivity contribution in [2.24, 2.45) is 11.1 Å². The molecule has 2 N–H and O–H groups in total. The second-order valence-corrected chi connectivity index (χ2v) is 5.83. The van der Waals surface area contributed by atoms with Crippen molar-refractivity contribution < 1.29 is 13.2 Å². The molecule has 1 aromatic rings. The van der Waals surface area contributed by atoms with Crippen LogP contribution in [0.4, 0.5) is 13.2 Å². The summed E-state index contributed by atoms with van der Waals surface area (Å²) in [4.78, 5) is 2.00. The lowest BCUT2D eigenvalue weighted by atomic mass is 9.92. The monoisotopic (exact) mass is 288 g/mol. The first kappa shape index (κ1) is 17.0. The van der Waals surface area contributed by atoms with E-state index in [1.165, 1.54) is 6.07 Å². The van der Waals surface area contributed by atoms with Gasteiger partial charge in [-0.3, -0.25) is 4.90 Å². The van der Waals surface area contributed by atoms with Crippen LogP contribution in [-0.2, 0) is 12.7 Å². The van der Waals surface area contributed by atoms with E-state index in [2.05, 4.69) is 0 Å². The van der Waals surface area contributed by atoms with Gasteiger partial charge in [0.05, 0.1) is 5.56 Å². The minimum absolute atomic E-state index is 0.108. The fraction of sp³-hybridized carbons (Fsp3) is 0.600. The van der Waals surface area contributed by atoms with Crippen LogP contribution >= 0.6 is 0 Å². The molecule has 0 aliphatic rings. The molecule has 0 amide bonds. The van der Waals surface area contributed by atoms with Crippen molar-refractivity contribution in [3.8, 4) is 0 Å². The van der Waals surface area contributed by atoms with Crippen LogP contribution in [0.15, 0.2) is 24.3 Å². The highest BCUT2D eigenvalue weighted by Crippen LogP contribution is 2.32. The van der Waals surface area contributed by atoms with Crippen LogP contribution in [0.25, 0.3) is 0 Å². The zero-order valence-electron chi connectivity index (χ0n) is 12.3. The van der Waals surface area contributed by atoms with Gasteiger partial charge in [-0.05, 0) is 30.1 Å². The molecule has 0 aromatic heterocycles. The third-order valence-corrected chi connectivity index (χ3v) is 3.37. The van der Waals surface area contributed by atoms with Crippen LogP contribution in [0.1, 0.15) is 31.9 Å². The lowest BCUT2D eigenvalue weighted by Crippen LogP contribution is -2.38. The van der Waals surface area contributed by atoms with Crippen LogP contribution in [0.3, 0.4) is 0 Å². The van der Waals surface area contributed by atoms with Gasteiger partial charge in [0.2, 0.25) is 0 Å². The summed E-state index contributed by atoms with van der Waals surface area (Å²) in [5.74, 6) is 0. The standard InChI is InChI=1S/C15H23F3N2/c1-4-20(11-14(2,3)10-19)9-12-7-5-6-8-13(12)15(16,17)18/h5-8H,4,9-11,19H2,1-3H3. The largest absolute Gasteiger partial charge is 0.416 e. The Morgan fingerprint density at radius 1 is 1.15 bits per heavy atom. The van der Waals surface area contributed by atoms with E-state index >= 15 is 0 Å². The summed E-state index contributed by atoms with van der Waals surface area (Å²) in [5, 5.41) is 0. The van der Waals surface area contributed by atoms with E-state index in [0.717, 1.165) is 6.07 Å². The van der Waals surface area contributed by atoms with Crippen molar-refractivity contribution in [2.75, 3.05) is 19.6 Å². The highest BCUT2D eigenvalue weighted by Gasteiger charge is 2.33. The van der Waals surface area contributed by atoms with Gasteiger partial charge in [-0.25, -0.2) is 0 Å². The molecule has 0 bridgehead atoms. The van der Waals surface area contributed by atoms with E-state index in [0.29, 0.717) is 25.2 Å². The topological polar surface area (TPSA) is 29.3 Å². The van der Waals surface area contributed by atoms with Gasteiger partial charge in [-0.15, -0.1) is 0 Å². The van der Waals surface area contributed by atoms with Gasteiger partial charge in [0.1, 0.15) is 0 Å². The van der Waals surface area contributed by atoms with E-state index in [1.807, 2.05) is 25.7 Å². The number of hydrogen-bond donors (Lipinski definition) is 1. The van der Waals surface area contributed by atoms with Gasteiger partial charge in [0.25, 0.3) is 0 Å². The molecular weight excluding hydrogens is 265 g/mol. The molecule has 0 saturated carbocycles. The number of hydrogen-bond acceptors (Lipinski definition) is 2. The molecule has 0 atom stereocenters. The summed E-state index contributed by atoms with van der Waals surface area (Å²) in [7, 11) is 0. The Kier molecular flexibility index (Phi) is 5.59. The molecule has 20 heavy (non-hydrogen) atoms. The van der Waals surface area contributed by atoms with Gasteiger partial charge >= 0.3 is 6.18 Å². The average molecular weight is 288 g/mol. The van der Waals surface area contributed by atoms with E-state index in [9.17, 15) is 13.2 Å². The molecule has 1 rings (SSSR count). The van der Waals surface area contributed by atoms with Crippen molar-refractivity contribution in [3.05, 3.63) is 35.4 Å². The fourth-order valence-electron chi connectivity index (χ4n) is 2.13. The van der Waals surface area contributed by atoms with E-state index < -0.39 is 11.7 Å². The van der Waals surface area contributed by atoms with Crippen LogP contribution < -0.4 is 5.73 Å². The minimum Gasteiger partial charge on any atom is -0.330 e. The summed E-state index contributed by atoms with van der Waals surface area (Å²) in [5.41, 5.74) is 5.35. The van der Waals surface area contributed by atoms with Crippen LogP contribution in [0.5, 0.6) is 0 Å². The van der Waals surface area contributed by atoms with E-state index in [-0.39, 0.29) is 12.0 Å². The lowest BCUT2D eigenvalue weighted by molar-refractivity contribution is -0.138. The Bertz CT molecular complexity index is 427. The molecule has 114 valence electrons. The summed E-state index contributed by atoms with van der Waals surface area (Å²) >= 11 is 0. The Balaban J connectivity index is 2.91. The molecule has 5 heteroatoms. The first-order valence-corrected chi connectivity index (χ1v) is 6.77. The van der Waals surface area contributed by atoms with Gasteiger partial charge in [0, 0.05) is 13.1 Å². The number of rotatable bonds is 6. The Morgan fingerprint density at radius 3 is 2.25 bits per heavy atom. The summed E-state index contributed by atoms with van der Waals surface area (Å²) in [6.45, 7) is 8.14. The number of nitrogens with zero attached hydrogens (tertiary/aromatic N) is 1. The molecular formula is C15H23F3N2. The number of alkyl halides is 3. The summed E-state index contributed by atoms with van der Waals surface area (Å²) in [6, 6.07) is 5.75. The maximum Gasteiger partial charge on any atom is 0.416 e. The maximum atomic E-state index is 13.0. The molecule has 0 aliphatic carbocycles. The summed E-state index contributed by atoms with van der Waals surface area (Å²) < 4.78 is 38.9. The maximum absolute atomic E-state index is 13.0. The van der Waals surface area contributed by atoms with Gasteiger partial charge < -0.3 is 5.73 Å². The minimum atomic E-state index is -4.31. The molecule has 0 spiro atoms. The highest BCUT2D eigenvalue weighted by molar-refractivity contribution is 5.29. The molecule has 0 aliphatic heterocycles. The quantitative estimate of drug-likeness (QED) is 0.868. The molecule has 0 saturated heterocycles. The molecule has 0 fully saturated rings. The first-order valence-electron chi connectivity index (χ1n) is 6.77. The van der Waals surface area contributed by atoms with Crippen molar-refractivity contribution in [3.63, 3.8) is 0 Å². The Morgan fingerprint density at radius 2 is 1.75 bits per heavy atom. The SMILES string of the molecule is CCN(Cc1ccccc1C(F)(F)F)CC(C)(C)CN. The molecule has 0 radical (unpaired) electrons. The first-order chi connectivity index (χ1) is 9.19. The highest BCUT2D eigenvalue weighted by atomic mass is 19.4. The number of benzene rings is 1. The van der Waals surface area contributed by atoms with Crippen LogP contribution in [0.2, 0.25) is 0 Å². The number of halogens is 3. The van der Waals surface area contributed by atoms with Crippen molar-refractivity contribution in [2.45, 2.75) is 33.5 Å². The second kappa shape index (κ2) is 6.59. The normalized spacial score (nSPS) is 13.0. The molecule has 1 aromatic carbocycles. The molecule has 0 heterocycles. The average Bonchev–Trinajstić information content (AvgIpc) is 2.37. The second-order valence-electron chi connectivity index (χ2n) is 5.83. The van der Waals surface area contributed by atoms with Crippen LogP contribution in [-0.4, -0.2) is 24.5 Å². The molecule has 2 nitrogen and oxygen atoms in total. The van der Waals surface area contributed by atoms with Gasteiger partial charge in [-0.1, -0.05) is 39.0 Å². The third kappa shape index (κ3) is 4.80. The number of nitrogens with two attached hydrogens (primary N) is 1.